The van der Waals surface area contributed by atoms with E-state index in [1.165, 1.54) is 0 Å². The van der Waals surface area contributed by atoms with Gasteiger partial charge in [-0.2, -0.15) is 0 Å². The number of aliphatic carboxylic acids is 1. The first-order valence-electron chi connectivity index (χ1n) is 3.69. The molecule has 3 nitrogen and oxygen atoms in total. The summed E-state index contributed by atoms with van der Waals surface area (Å²) in [5.41, 5.74) is -0.903. The van der Waals surface area contributed by atoms with E-state index in [4.69, 9.17) is 22.1 Å². The fourth-order valence-corrected chi connectivity index (χ4v) is 0.714. The molecule has 0 aromatic carbocycles. The Bertz CT molecular complexity index is 198. The van der Waals surface area contributed by atoms with Gasteiger partial charge in [0.05, 0.1) is 5.41 Å². The van der Waals surface area contributed by atoms with Crippen LogP contribution in [0.5, 0.6) is 0 Å². The highest BCUT2D eigenvalue weighted by molar-refractivity contribution is 7.80. The van der Waals surface area contributed by atoms with Gasteiger partial charge in [-0.15, -0.1) is 0 Å². The monoisotopic (exact) mass is 190 g/mol. The molecule has 0 saturated heterocycles. The normalized spacial score (nSPS) is 13.7. The van der Waals surface area contributed by atoms with Gasteiger partial charge in [0.15, 0.2) is 5.05 Å². The van der Waals surface area contributed by atoms with Crippen LogP contribution in [0.2, 0.25) is 0 Å². The van der Waals surface area contributed by atoms with E-state index in [0.717, 1.165) is 0 Å². The zero-order valence-electron chi connectivity index (χ0n) is 7.75. The summed E-state index contributed by atoms with van der Waals surface area (Å²) < 4.78 is 5.13. The summed E-state index contributed by atoms with van der Waals surface area (Å²) in [5.74, 6) is -0.883. The van der Waals surface area contributed by atoms with Crippen molar-refractivity contribution in [1.82, 2.24) is 0 Å². The predicted octanol–water partition coefficient (Wildman–Crippen LogP) is 1.85. The van der Waals surface area contributed by atoms with Crippen LogP contribution in [0.4, 0.5) is 0 Å². The van der Waals surface area contributed by atoms with Gasteiger partial charge < -0.3 is 9.84 Å². The molecule has 0 saturated carbocycles. The largest absolute Gasteiger partial charge is 0.483 e. The van der Waals surface area contributed by atoms with E-state index in [0.29, 0.717) is 5.05 Å². The maximum absolute atomic E-state index is 10.7. The van der Waals surface area contributed by atoms with E-state index in [-0.39, 0.29) is 0 Å². The summed E-state index contributed by atoms with van der Waals surface area (Å²) in [6.07, 6.45) is -0.410. The second-order valence-corrected chi connectivity index (χ2v) is 3.85. The third kappa shape index (κ3) is 2.77. The molecule has 70 valence electrons. The Hall–Kier alpha value is -0.640. The lowest BCUT2D eigenvalue weighted by Crippen LogP contribution is -2.37. The SMILES string of the molecule is CC(=S)O[C@H](C)C(C)(C)C(=O)O. The van der Waals surface area contributed by atoms with Crippen molar-refractivity contribution in [2.45, 2.75) is 33.8 Å². The minimum atomic E-state index is -0.903. The smallest absolute Gasteiger partial charge is 0.312 e. The third-order valence-corrected chi connectivity index (χ3v) is 2.01. The lowest BCUT2D eigenvalue weighted by molar-refractivity contribution is -0.152. The fraction of sp³-hybridized carbons (Fsp3) is 0.750. The average Bonchev–Trinajstić information content (AvgIpc) is 1.85. The molecule has 0 fully saturated rings. The maximum atomic E-state index is 10.7. The van der Waals surface area contributed by atoms with Crippen LogP contribution in [0.25, 0.3) is 0 Å². The summed E-state index contributed by atoms with van der Waals surface area (Å²) in [7, 11) is 0. The highest BCUT2D eigenvalue weighted by atomic mass is 32.1. The Morgan fingerprint density at radius 1 is 1.58 bits per heavy atom. The van der Waals surface area contributed by atoms with E-state index < -0.39 is 17.5 Å². The molecule has 1 atom stereocenters. The summed E-state index contributed by atoms with van der Waals surface area (Å²) in [6.45, 7) is 6.55. The van der Waals surface area contributed by atoms with Gasteiger partial charge in [0, 0.05) is 6.92 Å². The Labute approximate surface area is 77.7 Å². The number of carboxylic acid groups (broad SMARTS) is 1. The van der Waals surface area contributed by atoms with Crippen molar-refractivity contribution in [3.63, 3.8) is 0 Å². The molecule has 0 unspecified atom stereocenters. The molecular weight excluding hydrogens is 176 g/mol. The molecule has 0 bridgehead atoms. The summed E-state index contributed by atoms with van der Waals surface area (Å²) >= 11 is 4.71. The van der Waals surface area contributed by atoms with Gasteiger partial charge in [0.2, 0.25) is 0 Å². The van der Waals surface area contributed by atoms with Crippen LogP contribution >= 0.6 is 12.2 Å². The second-order valence-electron chi connectivity index (χ2n) is 3.28. The van der Waals surface area contributed by atoms with E-state index in [1.54, 1.807) is 27.7 Å². The van der Waals surface area contributed by atoms with Crippen LogP contribution in [0.3, 0.4) is 0 Å². The fourth-order valence-electron chi connectivity index (χ4n) is 0.570. The highest BCUT2D eigenvalue weighted by Gasteiger charge is 2.35. The Morgan fingerprint density at radius 3 is 2.25 bits per heavy atom. The molecule has 0 aromatic rings. The molecule has 0 heterocycles. The third-order valence-electron chi connectivity index (χ3n) is 1.91. The minimum absolute atomic E-state index is 0.372. The topological polar surface area (TPSA) is 46.5 Å². The van der Waals surface area contributed by atoms with Crippen molar-refractivity contribution in [3.8, 4) is 0 Å². The van der Waals surface area contributed by atoms with Crippen molar-refractivity contribution in [1.29, 1.82) is 0 Å². The quantitative estimate of drug-likeness (QED) is 0.690. The molecule has 0 aliphatic rings. The van der Waals surface area contributed by atoms with Crippen LogP contribution in [-0.2, 0) is 9.53 Å². The van der Waals surface area contributed by atoms with Gasteiger partial charge in [-0.1, -0.05) is 0 Å². The second kappa shape index (κ2) is 3.85. The first-order chi connectivity index (χ1) is 5.28. The maximum Gasteiger partial charge on any atom is 0.312 e. The Kier molecular flexibility index (Phi) is 3.64. The first-order valence-corrected chi connectivity index (χ1v) is 4.10. The molecule has 0 aromatic heterocycles. The molecule has 0 spiro atoms. The molecule has 0 radical (unpaired) electrons. The zero-order valence-corrected chi connectivity index (χ0v) is 8.57. The van der Waals surface area contributed by atoms with E-state index in [2.05, 4.69) is 0 Å². The number of thiocarbonyl (C=S) groups is 1. The highest BCUT2D eigenvalue weighted by Crippen LogP contribution is 2.23. The molecular formula is C8H14O3S. The molecule has 4 heteroatoms. The lowest BCUT2D eigenvalue weighted by atomic mass is 9.88. The number of rotatable bonds is 3. The van der Waals surface area contributed by atoms with Crippen LogP contribution in [0, 0.1) is 5.41 Å². The summed E-state index contributed by atoms with van der Waals surface area (Å²) in [5, 5.41) is 9.17. The standard InChI is InChI=1S/C8H14O3S/c1-5(11-6(2)12)8(3,4)7(9)10/h5H,1-4H3,(H,9,10)/t5-/m1/s1. The van der Waals surface area contributed by atoms with Gasteiger partial charge in [0.1, 0.15) is 6.10 Å². The van der Waals surface area contributed by atoms with Crippen LogP contribution < -0.4 is 0 Å². The molecule has 0 amide bonds. The van der Waals surface area contributed by atoms with Crippen molar-refractivity contribution in [2.75, 3.05) is 0 Å². The summed E-state index contributed by atoms with van der Waals surface area (Å²) in [6, 6.07) is 0. The molecule has 0 aliphatic carbocycles. The number of carboxylic acids is 1. The summed E-state index contributed by atoms with van der Waals surface area (Å²) in [4.78, 5) is 10.7. The van der Waals surface area contributed by atoms with Gasteiger partial charge in [-0.3, -0.25) is 4.79 Å². The zero-order chi connectivity index (χ0) is 9.94. The number of hydrogen-bond acceptors (Lipinski definition) is 3. The molecule has 0 aliphatic heterocycles. The van der Waals surface area contributed by atoms with E-state index >= 15 is 0 Å². The van der Waals surface area contributed by atoms with E-state index in [9.17, 15) is 4.79 Å². The van der Waals surface area contributed by atoms with Crippen LogP contribution in [0.1, 0.15) is 27.7 Å². The number of carbonyl (C=O) groups is 1. The lowest BCUT2D eigenvalue weighted by Gasteiger charge is -2.27. The Morgan fingerprint density at radius 2 is 2.00 bits per heavy atom. The van der Waals surface area contributed by atoms with Gasteiger partial charge in [-0.25, -0.2) is 0 Å². The molecule has 12 heavy (non-hydrogen) atoms. The molecule has 1 N–H and O–H groups in total. The van der Waals surface area contributed by atoms with Gasteiger partial charge >= 0.3 is 5.97 Å². The Balaban J connectivity index is 4.35. The van der Waals surface area contributed by atoms with Crippen LogP contribution in [0.15, 0.2) is 0 Å². The van der Waals surface area contributed by atoms with Gasteiger partial charge in [0.25, 0.3) is 0 Å². The minimum Gasteiger partial charge on any atom is -0.483 e. The number of ether oxygens (including phenoxy) is 1. The predicted molar refractivity (Wildman–Crippen MR) is 50.2 cm³/mol. The number of hydrogen-bond donors (Lipinski definition) is 1. The molecule has 0 rings (SSSR count). The first kappa shape index (κ1) is 11.4. The van der Waals surface area contributed by atoms with Crippen molar-refractivity contribution in [3.05, 3.63) is 0 Å². The van der Waals surface area contributed by atoms with Crippen molar-refractivity contribution < 1.29 is 14.6 Å². The van der Waals surface area contributed by atoms with E-state index in [1.807, 2.05) is 0 Å². The van der Waals surface area contributed by atoms with Crippen LogP contribution in [-0.4, -0.2) is 22.2 Å². The van der Waals surface area contributed by atoms with Gasteiger partial charge in [-0.05, 0) is 33.0 Å². The average molecular weight is 190 g/mol. The van der Waals surface area contributed by atoms with Crippen molar-refractivity contribution >= 4 is 23.2 Å². The van der Waals surface area contributed by atoms with Crippen molar-refractivity contribution in [2.24, 2.45) is 5.41 Å².